The Hall–Kier alpha value is -3.63. The molecule has 1 fully saturated rings. The van der Waals surface area contributed by atoms with E-state index in [1.807, 2.05) is 6.07 Å². The molecular weight excluding hydrogens is 446 g/mol. The van der Waals surface area contributed by atoms with Gasteiger partial charge in [-0.1, -0.05) is 30.3 Å². The number of piperazine rings is 1. The number of amides is 3. The molecule has 0 aromatic heterocycles. The number of carbonyl (C=O) groups is 5. The van der Waals surface area contributed by atoms with Crippen LogP contribution < -0.4 is 5.32 Å². The van der Waals surface area contributed by atoms with Crippen molar-refractivity contribution in [1.29, 1.82) is 0 Å². The molecule has 1 aromatic rings. The summed E-state index contributed by atoms with van der Waals surface area (Å²) in [5, 5.41) is 2.35. The number of methoxy groups -OCH3 is 1. The molecule has 1 heterocycles. The molecule has 0 unspecified atom stereocenters. The van der Waals surface area contributed by atoms with Crippen LogP contribution in [0.5, 0.6) is 0 Å². The first-order valence-corrected chi connectivity index (χ1v) is 10.8. The molecule has 1 N–H and O–H groups in total. The Balaban J connectivity index is 1.97. The third-order valence-corrected chi connectivity index (χ3v) is 4.83. The van der Waals surface area contributed by atoms with Crippen molar-refractivity contribution in [1.82, 2.24) is 15.1 Å². The maximum Gasteiger partial charge on any atom is 0.407 e. The summed E-state index contributed by atoms with van der Waals surface area (Å²) in [5.41, 5.74) is 0.0678. The molecule has 3 amide bonds. The van der Waals surface area contributed by atoms with Crippen molar-refractivity contribution in [3.05, 3.63) is 35.9 Å². The molecular formula is C23H31N3O8. The van der Waals surface area contributed by atoms with Crippen LogP contribution >= 0.6 is 0 Å². The fourth-order valence-electron chi connectivity index (χ4n) is 3.29. The number of nitrogens with zero attached hydrogens (tertiary/aromatic N) is 2. The zero-order chi connectivity index (χ0) is 25.3. The smallest absolute Gasteiger partial charge is 0.407 e. The lowest BCUT2D eigenvalue weighted by molar-refractivity contribution is -0.164. The van der Waals surface area contributed by atoms with Gasteiger partial charge in [-0.05, 0) is 26.3 Å². The minimum absolute atomic E-state index is 0.0354. The van der Waals surface area contributed by atoms with Gasteiger partial charge in [-0.2, -0.15) is 0 Å². The topological polar surface area (TPSA) is 132 Å². The Morgan fingerprint density at radius 1 is 1.06 bits per heavy atom. The van der Waals surface area contributed by atoms with Crippen molar-refractivity contribution in [3.8, 4) is 0 Å². The van der Waals surface area contributed by atoms with Gasteiger partial charge in [0, 0.05) is 13.1 Å². The lowest BCUT2D eigenvalue weighted by Crippen LogP contribution is -2.61. The Kier molecular flexibility index (Phi) is 9.40. The van der Waals surface area contributed by atoms with Crippen molar-refractivity contribution in [3.63, 3.8) is 0 Å². The van der Waals surface area contributed by atoms with E-state index in [0.29, 0.717) is 0 Å². The molecule has 0 bridgehead atoms. The molecule has 0 aliphatic carbocycles. The van der Waals surface area contributed by atoms with Gasteiger partial charge in [-0.3, -0.25) is 19.2 Å². The van der Waals surface area contributed by atoms with Gasteiger partial charge in [0.2, 0.25) is 11.8 Å². The van der Waals surface area contributed by atoms with Gasteiger partial charge in [0.25, 0.3) is 0 Å². The monoisotopic (exact) mass is 477 g/mol. The van der Waals surface area contributed by atoms with Gasteiger partial charge in [0.1, 0.15) is 31.3 Å². The molecule has 186 valence electrons. The van der Waals surface area contributed by atoms with Crippen LogP contribution in [0.2, 0.25) is 0 Å². The van der Waals surface area contributed by atoms with Gasteiger partial charge in [0.05, 0.1) is 13.5 Å². The minimum Gasteiger partial charge on any atom is -0.469 e. The summed E-state index contributed by atoms with van der Waals surface area (Å²) >= 11 is 0. The summed E-state index contributed by atoms with van der Waals surface area (Å²) in [6.07, 6.45) is -1.18. The Morgan fingerprint density at radius 2 is 1.74 bits per heavy atom. The van der Waals surface area contributed by atoms with Crippen LogP contribution in [-0.2, 0) is 40.0 Å². The van der Waals surface area contributed by atoms with E-state index in [4.69, 9.17) is 9.47 Å². The predicted octanol–water partition coefficient (Wildman–Crippen LogP) is 0.857. The Morgan fingerprint density at radius 3 is 2.35 bits per heavy atom. The number of rotatable bonds is 8. The van der Waals surface area contributed by atoms with E-state index in [1.54, 1.807) is 45.0 Å². The predicted molar refractivity (Wildman–Crippen MR) is 119 cm³/mol. The van der Waals surface area contributed by atoms with Crippen molar-refractivity contribution >= 4 is 29.8 Å². The lowest BCUT2D eigenvalue weighted by Gasteiger charge is -2.40. The van der Waals surface area contributed by atoms with E-state index in [-0.39, 0.29) is 32.7 Å². The average molecular weight is 478 g/mol. The second-order valence-corrected chi connectivity index (χ2v) is 8.64. The van der Waals surface area contributed by atoms with E-state index in [2.05, 4.69) is 10.1 Å². The van der Waals surface area contributed by atoms with Crippen LogP contribution in [0.1, 0.15) is 32.8 Å². The van der Waals surface area contributed by atoms with Crippen LogP contribution in [-0.4, -0.2) is 84.6 Å². The van der Waals surface area contributed by atoms with Gasteiger partial charge in [-0.15, -0.1) is 0 Å². The largest absolute Gasteiger partial charge is 0.469 e. The molecule has 1 aliphatic rings. The highest BCUT2D eigenvalue weighted by atomic mass is 16.6. The summed E-state index contributed by atoms with van der Waals surface area (Å²) in [7, 11) is 1.17. The zero-order valence-corrected chi connectivity index (χ0v) is 19.9. The van der Waals surface area contributed by atoms with Gasteiger partial charge in [-0.25, -0.2) is 4.79 Å². The number of hydrogen-bond acceptors (Lipinski definition) is 8. The molecule has 1 saturated heterocycles. The molecule has 34 heavy (non-hydrogen) atoms. The summed E-state index contributed by atoms with van der Waals surface area (Å²) < 4.78 is 15.0. The first-order valence-electron chi connectivity index (χ1n) is 10.8. The Labute approximate surface area is 198 Å². The van der Waals surface area contributed by atoms with E-state index in [1.165, 1.54) is 16.9 Å². The second kappa shape index (κ2) is 12.0. The van der Waals surface area contributed by atoms with Crippen LogP contribution in [0, 0.1) is 0 Å². The van der Waals surface area contributed by atoms with Crippen molar-refractivity contribution in [2.45, 2.75) is 45.4 Å². The van der Waals surface area contributed by atoms with E-state index >= 15 is 0 Å². The first kappa shape index (κ1) is 26.6. The fraction of sp³-hybridized carbons (Fsp3) is 0.522. The van der Waals surface area contributed by atoms with Crippen molar-refractivity contribution in [2.75, 3.05) is 33.3 Å². The molecule has 0 saturated carbocycles. The average Bonchev–Trinajstić information content (AvgIpc) is 2.78. The maximum atomic E-state index is 13.0. The highest BCUT2D eigenvalue weighted by Crippen LogP contribution is 2.17. The van der Waals surface area contributed by atoms with E-state index < -0.39 is 48.0 Å². The summed E-state index contributed by atoms with van der Waals surface area (Å²) in [6, 6.07) is 7.86. The molecule has 2 rings (SSSR count). The SMILES string of the molecule is COC(=O)C[C@H]1C(=O)N(CC(=O)OC(C)(C)C)CCN1C(=O)CNC(=O)OCc1ccccc1. The van der Waals surface area contributed by atoms with Gasteiger partial charge in [0.15, 0.2) is 0 Å². The van der Waals surface area contributed by atoms with Gasteiger partial charge >= 0.3 is 18.0 Å². The van der Waals surface area contributed by atoms with Gasteiger partial charge < -0.3 is 29.3 Å². The third-order valence-electron chi connectivity index (χ3n) is 4.83. The van der Waals surface area contributed by atoms with Crippen molar-refractivity contribution < 1.29 is 38.2 Å². The third kappa shape index (κ3) is 8.38. The normalized spacial score (nSPS) is 16.0. The minimum atomic E-state index is -1.17. The van der Waals surface area contributed by atoms with Crippen LogP contribution in [0.15, 0.2) is 30.3 Å². The summed E-state index contributed by atoms with van der Waals surface area (Å²) in [6.45, 7) is 4.57. The van der Waals surface area contributed by atoms with Crippen molar-refractivity contribution in [2.24, 2.45) is 0 Å². The summed E-state index contributed by atoms with van der Waals surface area (Å²) in [4.78, 5) is 64.2. The lowest BCUT2D eigenvalue weighted by atomic mass is 10.1. The fourth-order valence-corrected chi connectivity index (χ4v) is 3.29. The van der Waals surface area contributed by atoms with Crippen LogP contribution in [0.4, 0.5) is 4.79 Å². The number of carbonyl (C=O) groups excluding carboxylic acids is 5. The second-order valence-electron chi connectivity index (χ2n) is 8.64. The standard InChI is InChI=1S/C23H31N3O8/c1-23(2,3)34-20(29)14-25-10-11-26(17(21(25)30)12-19(28)32-4)18(27)13-24-22(31)33-15-16-8-6-5-7-9-16/h5-9,17H,10-15H2,1-4H3,(H,24,31)/t17-/m0/s1. The number of hydrogen-bond donors (Lipinski definition) is 1. The molecule has 1 atom stereocenters. The van der Waals surface area contributed by atoms with Crippen LogP contribution in [0.25, 0.3) is 0 Å². The number of nitrogens with one attached hydrogen (secondary N) is 1. The molecule has 1 aromatic carbocycles. The first-order chi connectivity index (χ1) is 16.0. The Bertz CT molecular complexity index is 897. The molecule has 0 radical (unpaired) electrons. The highest BCUT2D eigenvalue weighted by molar-refractivity contribution is 5.94. The van der Waals surface area contributed by atoms with Crippen LogP contribution in [0.3, 0.4) is 0 Å². The molecule has 11 nitrogen and oxygen atoms in total. The molecule has 1 aliphatic heterocycles. The number of esters is 2. The highest BCUT2D eigenvalue weighted by Gasteiger charge is 2.40. The summed E-state index contributed by atoms with van der Waals surface area (Å²) in [5.74, 6) is -2.44. The van der Waals surface area contributed by atoms with E-state index in [0.717, 1.165) is 5.56 Å². The molecule has 11 heteroatoms. The number of ether oxygens (including phenoxy) is 3. The maximum absolute atomic E-state index is 13.0. The number of benzene rings is 1. The number of alkyl carbamates (subject to hydrolysis) is 1. The molecule has 0 spiro atoms. The quantitative estimate of drug-likeness (QED) is 0.431. The zero-order valence-electron chi connectivity index (χ0n) is 19.9. The van der Waals surface area contributed by atoms with E-state index in [9.17, 15) is 24.0 Å².